The van der Waals surface area contributed by atoms with E-state index in [-0.39, 0.29) is 13.4 Å². The Morgan fingerprint density at radius 2 is 0.646 bits per heavy atom. The molecule has 14 aromatic carbocycles. The number of fused-ring (bicyclic) bond motifs is 11. The van der Waals surface area contributed by atoms with Crippen LogP contribution in [0.25, 0.3) is 27.5 Å². The minimum atomic E-state index is -0.428. The summed E-state index contributed by atoms with van der Waals surface area (Å²) < 4.78 is 2.52. The van der Waals surface area contributed by atoms with Gasteiger partial charge in [-0.15, -0.1) is 0 Å². The predicted molar refractivity (Wildman–Crippen MR) is 415 cm³/mol. The fraction of sp³-hybridized carbons (Fsp3) is 0.0111. The second-order valence-electron chi connectivity index (χ2n) is 26.1. The van der Waals surface area contributed by atoms with E-state index in [1.54, 1.807) is 0 Å². The SMILES string of the molecule is c1ccc(N(c2ccccc2)c2cc3c4c(c2)N(c2ccccc2)c2cc5c(cc2B4c2ccccc2N3c2ccccc2)B2c3ccccc3N(c3ccccc3)c3cc(N(c4ccccc4)c4ccccc4)nc(c32)C5c2ccccc2-n2c3ccccc3c3ccccc32)cc1. The van der Waals surface area contributed by atoms with Crippen LogP contribution in [0, 0.1) is 0 Å². The lowest BCUT2D eigenvalue weighted by atomic mass is 9.29. The number of nitrogens with zero attached hydrogens (tertiary/aromatic N) is 7. The van der Waals surface area contributed by atoms with Crippen molar-refractivity contribution in [3.05, 3.63) is 381 Å². The van der Waals surface area contributed by atoms with E-state index >= 15 is 0 Å². The molecule has 1 atom stereocenters. The van der Waals surface area contributed by atoms with Gasteiger partial charge in [0.25, 0.3) is 6.71 Å². The summed E-state index contributed by atoms with van der Waals surface area (Å²) in [6.07, 6.45) is 0. The molecule has 4 aliphatic rings. The third-order valence-electron chi connectivity index (χ3n) is 20.8. The van der Waals surface area contributed by atoms with Gasteiger partial charge in [-0.25, -0.2) is 4.98 Å². The van der Waals surface area contributed by atoms with Crippen LogP contribution in [-0.2, 0) is 0 Å². The maximum absolute atomic E-state index is 6.36. The van der Waals surface area contributed by atoms with Crippen molar-refractivity contribution < 1.29 is 0 Å². The van der Waals surface area contributed by atoms with Crippen LogP contribution in [0.1, 0.15) is 22.7 Å². The molecule has 16 aromatic rings. The van der Waals surface area contributed by atoms with Crippen LogP contribution in [0.5, 0.6) is 0 Å². The van der Waals surface area contributed by atoms with E-state index in [0.717, 1.165) is 113 Å². The van der Waals surface area contributed by atoms with Gasteiger partial charge in [0.2, 0.25) is 6.71 Å². The number of benzene rings is 14. The lowest BCUT2D eigenvalue weighted by Crippen LogP contribution is -2.65. The molecule has 0 radical (unpaired) electrons. The van der Waals surface area contributed by atoms with E-state index in [1.807, 2.05) is 0 Å². The van der Waals surface area contributed by atoms with Gasteiger partial charge in [-0.3, -0.25) is 4.90 Å². The average molecular weight is 1260 g/mol. The number of hydrogen-bond donors (Lipinski definition) is 0. The number of anilines is 15. The predicted octanol–water partition coefficient (Wildman–Crippen LogP) is 19.0. The summed E-state index contributed by atoms with van der Waals surface area (Å²) in [5.74, 6) is 0.395. The molecule has 0 saturated carbocycles. The lowest BCUT2D eigenvalue weighted by molar-refractivity contribution is 0.907. The fourth-order valence-corrected chi connectivity index (χ4v) is 16.9. The van der Waals surface area contributed by atoms with Gasteiger partial charge in [0.1, 0.15) is 5.82 Å². The number of aromatic nitrogens is 2. The molecule has 2 aromatic heterocycles. The molecular formula is C90H61B2N7. The Morgan fingerprint density at radius 1 is 0.263 bits per heavy atom. The van der Waals surface area contributed by atoms with Gasteiger partial charge in [0.15, 0.2) is 0 Å². The zero-order valence-electron chi connectivity index (χ0n) is 54.0. The zero-order valence-corrected chi connectivity index (χ0v) is 54.0. The Hall–Kier alpha value is -12.8. The quantitative estimate of drug-likeness (QED) is 0.120. The standard InChI is InChI=1S/C90H61B2N7/c1-8-32-61(33-9-1)94(62-34-10-2-11-35-62)68-56-83-88-84(57-68)98(67-44-20-7-21-45-67)82-58-72-75(59-76(82)92(88)74-50-26-31-55-81(74)96(83)65-40-16-5-17-41-65)91-73-49-25-30-54-80(73)97(66-42-18-6-19-43-66)85-60-86(95(63-36-12-3-13-37-63)64-38-14-4-15-39-64)93-90(89(85)91)87(72)71-48-24-29-53-79(71)99-77-51-27-22-46-69(77)70-47-23-28-52-78(70)99/h1-60,87H. The number of rotatable bonds is 11. The molecule has 0 bridgehead atoms. The fourth-order valence-electron chi connectivity index (χ4n) is 16.9. The van der Waals surface area contributed by atoms with Crippen molar-refractivity contribution in [2.24, 2.45) is 0 Å². The first-order valence-corrected chi connectivity index (χ1v) is 34.2. The summed E-state index contributed by atoms with van der Waals surface area (Å²) in [7, 11) is 0. The van der Waals surface area contributed by atoms with Crippen LogP contribution in [0.15, 0.2) is 364 Å². The van der Waals surface area contributed by atoms with E-state index in [2.05, 4.69) is 393 Å². The summed E-state index contributed by atoms with van der Waals surface area (Å²) >= 11 is 0. The first-order valence-electron chi connectivity index (χ1n) is 34.2. The molecule has 0 fully saturated rings. The number of para-hydroxylation sites is 12. The first-order chi connectivity index (χ1) is 49.2. The topological polar surface area (TPSA) is 34.0 Å². The molecule has 20 rings (SSSR count). The van der Waals surface area contributed by atoms with E-state index in [1.165, 1.54) is 49.1 Å². The van der Waals surface area contributed by atoms with Crippen LogP contribution >= 0.6 is 0 Å². The Labute approximate surface area is 576 Å². The molecule has 9 heteroatoms. The lowest BCUT2D eigenvalue weighted by Gasteiger charge is -2.47. The molecule has 7 nitrogen and oxygen atoms in total. The number of pyridine rings is 1. The van der Waals surface area contributed by atoms with Crippen LogP contribution in [0.3, 0.4) is 0 Å². The van der Waals surface area contributed by atoms with Gasteiger partial charge in [0, 0.05) is 90.8 Å². The zero-order chi connectivity index (χ0) is 65.1. The van der Waals surface area contributed by atoms with Crippen LogP contribution in [-0.4, -0.2) is 23.0 Å². The first kappa shape index (κ1) is 56.5. The average Bonchev–Trinajstić information content (AvgIpc) is 0.966. The van der Waals surface area contributed by atoms with Gasteiger partial charge in [-0.05, 0) is 172 Å². The van der Waals surface area contributed by atoms with Crippen LogP contribution in [0.4, 0.5) is 85.4 Å². The summed E-state index contributed by atoms with van der Waals surface area (Å²) in [5.41, 5.74) is 29.4. The highest BCUT2D eigenvalue weighted by Crippen LogP contribution is 2.52. The highest BCUT2D eigenvalue weighted by Gasteiger charge is 2.50. The molecular weight excluding hydrogens is 1200 g/mol. The van der Waals surface area contributed by atoms with Crippen molar-refractivity contribution in [1.82, 2.24) is 9.55 Å². The Bertz CT molecular complexity index is 5670. The molecule has 0 saturated heterocycles. The second-order valence-corrected chi connectivity index (χ2v) is 26.1. The van der Waals surface area contributed by atoms with E-state index in [9.17, 15) is 0 Å². The van der Waals surface area contributed by atoms with E-state index < -0.39 is 5.92 Å². The number of hydrogen-bond acceptors (Lipinski definition) is 6. The third kappa shape index (κ3) is 8.84. The summed E-state index contributed by atoms with van der Waals surface area (Å²) in [6, 6.07) is 134. The van der Waals surface area contributed by atoms with Gasteiger partial charge in [-0.2, -0.15) is 0 Å². The largest absolute Gasteiger partial charge is 0.311 e. The Balaban J connectivity index is 0.941. The van der Waals surface area contributed by atoms with Crippen molar-refractivity contribution in [3.8, 4) is 5.69 Å². The van der Waals surface area contributed by atoms with Crippen LogP contribution in [0.2, 0.25) is 0 Å². The Kier molecular flexibility index (Phi) is 13.1. The van der Waals surface area contributed by atoms with E-state index in [4.69, 9.17) is 4.98 Å². The highest BCUT2D eigenvalue weighted by molar-refractivity contribution is 7.02. The molecule has 462 valence electrons. The molecule has 0 N–H and O–H groups in total. The van der Waals surface area contributed by atoms with Crippen molar-refractivity contribution in [1.29, 1.82) is 0 Å². The molecule has 0 aliphatic carbocycles. The molecule has 4 aliphatic heterocycles. The van der Waals surface area contributed by atoms with Gasteiger partial charge >= 0.3 is 0 Å². The van der Waals surface area contributed by atoms with Crippen molar-refractivity contribution >= 4 is 153 Å². The molecule has 99 heavy (non-hydrogen) atoms. The van der Waals surface area contributed by atoms with E-state index in [0.29, 0.717) is 0 Å². The molecule has 0 amide bonds. The smallest absolute Gasteiger partial charge is 0.252 e. The third-order valence-corrected chi connectivity index (χ3v) is 20.8. The summed E-state index contributed by atoms with van der Waals surface area (Å²) in [4.78, 5) is 18.8. The molecule has 1 unspecified atom stereocenters. The minimum Gasteiger partial charge on any atom is -0.311 e. The van der Waals surface area contributed by atoms with Crippen molar-refractivity contribution in [2.75, 3.05) is 24.5 Å². The van der Waals surface area contributed by atoms with Crippen molar-refractivity contribution in [2.45, 2.75) is 5.92 Å². The van der Waals surface area contributed by atoms with Crippen molar-refractivity contribution in [3.63, 3.8) is 0 Å². The molecule has 0 spiro atoms. The van der Waals surface area contributed by atoms with Crippen LogP contribution < -0.4 is 57.3 Å². The van der Waals surface area contributed by atoms with Gasteiger partial charge < -0.3 is 24.2 Å². The monoisotopic (exact) mass is 1260 g/mol. The Morgan fingerprint density at radius 3 is 1.14 bits per heavy atom. The molecule has 6 heterocycles. The summed E-state index contributed by atoms with van der Waals surface area (Å²) in [5, 5.41) is 2.42. The van der Waals surface area contributed by atoms with Gasteiger partial charge in [0.05, 0.1) is 34.0 Å². The highest BCUT2D eigenvalue weighted by atomic mass is 15.2. The summed E-state index contributed by atoms with van der Waals surface area (Å²) in [6.45, 7) is -0.443. The maximum Gasteiger partial charge on any atom is 0.252 e. The second kappa shape index (κ2) is 22.9. The maximum atomic E-state index is 6.36. The van der Waals surface area contributed by atoms with Gasteiger partial charge in [-0.1, -0.05) is 230 Å². The minimum absolute atomic E-state index is 0.197. The normalized spacial score (nSPS) is 13.7.